The van der Waals surface area contributed by atoms with Crippen molar-refractivity contribution < 1.29 is 24.5 Å². The summed E-state index contributed by atoms with van der Waals surface area (Å²) in [6.07, 6.45) is -1.54. The number of aliphatic hydroxyl groups is 1. The fourth-order valence-electron chi connectivity index (χ4n) is 1.48. The lowest BCUT2D eigenvalue weighted by Crippen LogP contribution is -2.08. The van der Waals surface area contributed by atoms with E-state index in [0.717, 1.165) is 0 Å². The average Bonchev–Trinajstić information content (AvgIpc) is 2.26. The Kier molecular flexibility index (Phi) is 4.13. The molecule has 1 aromatic carbocycles. The molecule has 0 aliphatic carbocycles. The third-order valence-electron chi connectivity index (χ3n) is 2.17. The van der Waals surface area contributed by atoms with Gasteiger partial charge in [0.25, 0.3) is 0 Å². The van der Waals surface area contributed by atoms with Crippen LogP contribution in [-0.2, 0) is 4.79 Å². The number of methoxy groups -OCH3 is 2. The molecule has 1 atom stereocenters. The largest absolute Gasteiger partial charge is 0.496 e. The van der Waals surface area contributed by atoms with E-state index in [1.165, 1.54) is 14.2 Å². The zero-order valence-corrected chi connectivity index (χ0v) is 9.14. The number of ether oxygens (including phenoxy) is 2. The zero-order valence-electron chi connectivity index (χ0n) is 9.14. The highest BCUT2D eigenvalue weighted by Crippen LogP contribution is 2.35. The van der Waals surface area contributed by atoms with Crippen LogP contribution in [0.3, 0.4) is 0 Å². The van der Waals surface area contributed by atoms with Gasteiger partial charge < -0.3 is 19.7 Å². The van der Waals surface area contributed by atoms with E-state index in [2.05, 4.69) is 0 Å². The molecule has 0 radical (unpaired) electrons. The Labute approximate surface area is 93.2 Å². The second-order valence-corrected chi connectivity index (χ2v) is 3.19. The second kappa shape index (κ2) is 5.37. The predicted octanol–water partition coefficient (Wildman–Crippen LogP) is 1.21. The van der Waals surface area contributed by atoms with Crippen LogP contribution < -0.4 is 9.47 Å². The Morgan fingerprint density at radius 1 is 1.31 bits per heavy atom. The van der Waals surface area contributed by atoms with Crippen LogP contribution in [0.4, 0.5) is 0 Å². The van der Waals surface area contributed by atoms with Crippen molar-refractivity contribution in [3.63, 3.8) is 0 Å². The summed E-state index contributed by atoms with van der Waals surface area (Å²) in [7, 11) is 2.90. The van der Waals surface area contributed by atoms with Crippen molar-refractivity contribution in [2.45, 2.75) is 12.5 Å². The minimum atomic E-state index is -1.15. The number of carboxylic acid groups (broad SMARTS) is 1. The van der Waals surface area contributed by atoms with Crippen LogP contribution in [0.15, 0.2) is 18.2 Å². The van der Waals surface area contributed by atoms with Gasteiger partial charge in [-0.05, 0) is 12.1 Å². The molecule has 0 aliphatic heterocycles. The lowest BCUT2D eigenvalue weighted by atomic mass is 10.0. The molecule has 0 saturated carbocycles. The molecule has 2 N–H and O–H groups in total. The Balaban J connectivity index is 3.12. The van der Waals surface area contributed by atoms with Gasteiger partial charge in [-0.15, -0.1) is 0 Å². The van der Waals surface area contributed by atoms with Crippen molar-refractivity contribution in [1.82, 2.24) is 0 Å². The van der Waals surface area contributed by atoms with E-state index in [4.69, 9.17) is 14.6 Å². The van der Waals surface area contributed by atoms with Gasteiger partial charge in [0.05, 0.1) is 32.3 Å². The fraction of sp³-hybridized carbons (Fsp3) is 0.364. The molecule has 0 amide bonds. The highest BCUT2D eigenvalue weighted by Gasteiger charge is 2.20. The first-order valence-electron chi connectivity index (χ1n) is 4.71. The molecular formula is C11H14O5. The SMILES string of the molecule is COc1cccc(OC)c1[C@H](O)CC(=O)O. The number of hydrogen-bond acceptors (Lipinski definition) is 4. The summed E-state index contributed by atoms with van der Waals surface area (Å²) in [5.41, 5.74) is 0.356. The quantitative estimate of drug-likeness (QED) is 0.789. The summed E-state index contributed by atoms with van der Waals surface area (Å²) in [5, 5.41) is 18.4. The normalized spacial score (nSPS) is 11.9. The molecule has 5 nitrogen and oxygen atoms in total. The zero-order chi connectivity index (χ0) is 12.1. The highest BCUT2D eigenvalue weighted by atomic mass is 16.5. The van der Waals surface area contributed by atoms with Crippen LogP contribution in [0, 0.1) is 0 Å². The van der Waals surface area contributed by atoms with Gasteiger partial charge >= 0.3 is 5.97 Å². The number of benzene rings is 1. The van der Waals surface area contributed by atoms with Gasteiger partial charge in [0.2, 0.25) is 0 Å². The fourth-order valence-corrected chi connectivity index (χ4v) is 1.48. The molecule has 0 fully saturated rings. The van der Waals surface area contributed by atoms with Crippen LogP contribution in [0.25, 0.3) is 0 Å². The smallest absolute Gasteiger partial charge is 0.306 e. The first-order chi connectivity index (χ1) is 7.60. The van der Waals surface area contributed by atoms with Gasteiger partial charge in [-0.25, -0.2) is 0 Å². The maximum absolute atomic E-state index is 10.5. The van der Waals surface area contributed by atoms with Gasteiger partial charge in [0, 0.05) is 0 Å². The van der Waals surface area contributed by atoms with Crippen LogP contribution in [0.1, 0.15) is 18.1 Å². The van der Waals surface area contributed by atoms with Crippen molar-refractivity contribution in [3.05, 3.63) is 23.8 Å². The molecule has 0 unspecified atom stereocenters. The van der Waals surface area contributed by atoms with Crippen molar-refractivity contribution in [3.8, 4) is 11.5 Å². The molecule has 0 heterocycles. The van der Waals surface area contributed by atoms with Crippen LogP contribution in [0.5, 0.6) is 11.5 Å². The summed E-state index contributed by atoms with van der Waals surface area (Å²) in [4.78, 5) is 10.5. The lowest BCUT2D eigenvalue weighted by Gasteiger charge is -2.16. The first kappa shape index (κ1) is 12.3. The number of hydrogen-bond donors (Lipinski definition) is 2. The topological polar surface area (TPSA) is 76.0 Å². The summed E-state index contributed by atoms with van der Waals surface area (Å²) in [5.74, 6) is -0.262. The van der Waals surface area contributed by atoms with Crippen molar-refractivity contribution in [2.24, 2.45) is 0 Å². The highest BCUT2D eigenvalue weighted by molar-refractivity contribution is 5.68. The molecule has 0 saturated heterocycles. The predicted molar refractivity (Wildman–Crippen MR) is 56.8 cm³/mol. The minimum absolute atomic E-state index is 0.356. The summed E-state index contributed by atoms with van der Waals surface area (Å²) >= 11 is 0. The third kappa shape index (κ3) is 2.64. The van der Waals surface area contributed by atoms with Crippen molar-refractivity contribution in [2.75, 3.05) is 14.2 Å². The van der Waals surface area contributed by atoms with E-state index >= 15 is 0 Å². The van der Waals surface area contributed by atoms with Gasteiger partial charge in [0.15, 0.2) is 0 Å². The van der Waals surface area contributed by atoms with E-state index in [9.17, 15) is 9.90 Å². The molecule has 0 spiro atoms. The number of aliphatic carboxylic acids is 1. The second-order valence-electron chi connectivity index (χ2n) is 3.19. The van der Waals surface area contributed by atoms with Crippen molar-refractivity contribution >= 4 is 5.97 Å². The molecule has 1 aromatic rings. The molecule has 0 aromatic heterocycles. The summed E-state index contributed by atoms with van der Waals surface area (Å²) < 4.78 is 10.1. The van der Waals surface area contributed by atoms with E-state index in [-0.39, 0.29) is 0 Å². The minimum Gasteiger partial charge on any atom is -0.496 e. The van der Waals surface area contributed by atoms with Crippen LogP contribution >= 0.6 is 0 Å². The standard InChI is InChI=1S/C11H14O5/c1-15-8-4-3-5-9(16-2)11(8)7(12)6-10(13)14/h3-5,7,12H,6H2,1-2H3,(H,13,14)/t7-/m1/s1. The average molecular weight is 226 g/mol. The molecule has 88 valence electrons. The first-order valence-corrected chi connectivity index (χ1v) is 4.71. The van der Waals surface area contributed by atoms with Gasteiger partial charge in [0.1, 0.15) is 11.5 Å². The van der Waals surface area contributed by atoms with Crippen LogP contribution in [-0.4, -0.2) is 30.4 Å². The van der Waals surface area contributed by atoms with Crippen LogP contribution in [0.2, 0.25) is 0 Å². The maximum atomic E-state index is 10.5. The molecule has 16 heavy (non-hydrogen) atoms. The van der Waals surface area contributed by atoms with Gasteiger partial charge in [-0.1, -0.05) is 6.07 Å². The van der Waals surface area contributed by atoms with Gasteiger partial charge in [-0.2, -0.15) is 0 Å². The lowest BCUT2D eigenvalue weighted by molar-refractivity contribution is -0.139. The molecule has 5 heteroatoms. The van der Waals surface area contributed by atoms with Crippen molar-refractivity contribution in [1.29, 1.82) is 0 Å². The van der Waals surface area contributed by atoms with E-state index < -0.39 is 18.5 Å². The monoisotopic (exact) mass is 226 g/mol. The molecule has 0 bridgehead atoms. The van der Waals surface area contributed by atoms with E-state index in [0.29, 0.717) is 17.1 Å². The molecular weight excluding hydrogens is 212 g/mol. The Hall–Kier alpha value is -1.75. The third-order valence-corrected chi connectivity index (χ3v) is 2.17. The number of aliphatic hydroxyl groups excluding tert-OH is 1. The van der Waals surface area contributed by atoms with Gasteiger partial charge in [-0.3, -0.25) is 4.79 Å². The summed E-state index contributed by atoms with van der Waals surface area (Å²) in [6, 6.07) is 4.99. The van der Waals surface area contributed by atoms with E-state index in [1.54, 1.807) is 18.2 Å². The van der Waals surface area contributed by atoms with E-state index in [1.807, 2.05) is 0 Å². The molecule has 0 aliphatic rings. The maximum Gasteiger partial charge on any atom is 0.306 e. The number of carboxylic acids is 1. The number of carbonyl (C=O) groups is 1. The Morgan fingerprint density at radius 3 is 2.19 bits per heavy atom. The Morgan fingerprint density at radius 2 is 1.81 bits per heavy atom. The Bertz CT molecular complexity index is 352. The molecule has 1 rings (SSSR count). The summed E-state index contributed by atoms with van der Waals surface area (Å²) in [6.45, 7) is 0. The number of rotatable bonds is 5.